The third-order valence-electron chi connectivity index (χ3n) is 0.877. The Morgan fingerprint density at radius 1 is 1.09 bits per heavy atom. The molecule has 0 aromatic carbocycles. The molecule has 0 aliphatic carbocycles. The van der Waals surface area contributed by atoms with Crippen LogP contribution in [0.15, 0.2) is 0 Å². The molecule has 0 amide bonds. The normalized spacial score (nSPS) is 9.82. The van der Waals surface area contributed by atoms with E-state index < -0.39 is 23.5 Å². The fourth-order valence-corrected chi connectivity index (χ4v) is 0.537. The summed E-state index contributed by atoms with van der Waals surface area (Å²) in [6.07, 6.45) is 0. The predicted octanol–water partition coefficient (Wildman–Crippen LogP) is 1.12. The van der Waals surface area contributed by atoms with Crippen LogP contribution in [0.25, 0.3) is 0 Å². The summed E-state index contributed by atoms with van der Waals surface area (Å²) in [5.41, 5.74) is 0. The third-order valence-corrected chi connectivity index (χ3v) is 1.05. The summed E-state index contributed by atoms with van der Waals surface area (Å²) >= 11 is 3.13. The van der Waals surface area contributed by atoms with Gasteiger partial charge in [-0.3, -0.25) is 0 Å². The molecule has 11 heavy (non-hydrogen) atoms. The molecule has 0 saturated heterocycles. The highest BCUT2D eigenvalue weighted by Crippen LogP contribution is 2.17. The molecule has 0 bridgehead atoms. The largest absolute Gasteiger partial charge is 0.404 e. The van der Waals surface area contributed by atoms with Crippen molar-refractivity contribution in [3.63, 3.8) is 0 Å². The van der Waals surface area contributed by atoms with E-state index in [2.05, 4.69) is 27.3 Å². The molecule has 1 heterocycles. The number of nitrogens with zero attached hydrogens (tertiary/aromatic N) is 2. The average Bonchev–Trinajstić information content (AvgIpc) is 2.01. The molecule has 1 aromatic heterocycles. The smallest absolute Gasteiger partial charge is 0.285 e. The van der Waals surface area contributed by atoms with Crippen molar-refractivity contribution < 1.29 is 17.4 Å². The summed E-state index contributed by atoms with van der Waals surface area (Å²) in [6, 6.07) is 0. The van der Waals surface area contributed by atoms with Crippen molar-refractivity contribution >= 4 is 12.9 Å². The minimum absolute atomic E-state index is 0.799. The van der Waals surface area contributed by atoms with Gasteiger partial charge in [0.05, 0.1) is 0 Å². The Labute approximate surface area is 64.8 Å². The van der Waals surface area contributed by atoms with Gasteiger partial charge in [-0.1, -0.05) is 0 Å². The molecular weight excluding hydrogens is 181 g/mol. The lowest BCUT2D eigenvalue weighted by molar-refractivity contribution is 0.388. The van der Waals surface area contributed by atoms with Crippen molar-refractivity contribution in [2.45, 2.75) is 0 Å². The second-order valence-corrected chi connectivity index (χ2v) is 1.70. The van der Waals surface area contributed by atoms with Gasteiger partial charge in [0.15, 0.2) is 0 Å². The van der Waals surface area contributed by atoms with Gasteiger partial charge in [0, 0.05) is 12.9 Å². The predicted molar refractivity (Wildman–Crippen MR) is 31.5 cm³/mol. The van der Waals surface area contributed by atoms with Crippen LogP contribution in [0.3, 0.4) is 0 Å². The maximum atomic E-state index is 12.4. The van der Waals surface area contributed by atoms with E-state index in [0.717, 1.165) is 0 Å². The van der Waals surface area contributed by atoms with Crippen LogP contribution in [0.5, 0.6) is 5.88 Å². The lowest BCUT2D eigenvalue weighted by Crippen LogP contribution is -2.00. The number of thiol groups is 1. The SMILES string of the molecule is Fc1nnc(OS)c(F)c1F. The van der Waals surface area contributed by atoms with Crippen molar-refractivity contribution in [1.82, 2.24) is 10.2 Å². The Balaban J connectivity index is 3.25. The molecule has 0 unspecified atom stereocenters. The van der Waals surface area contributed by atoms with Gasteiger partial charge in [0.1, 0.15) is 0 Å². The minimum Gasteiger partial charge on any atom is -0.404 e. The Bertz CT molecular complexity index is 282. The van der Waals surface area contributed by atoms with E-state index in [4.69, 9.17) is 0 Å². The first-order valence-corrected chi connectivity index (χ1v) is 2.72. The molecule has 1 rings (SSSR count). The molecule has 0 radical (unpaired) electrons. The number of hydrogen-bond donors (Lipinski definition) is 1. The van der Waals surface area contributed by atoms with Gasteiger partial charge in [-0.25, -0.2) is 0 Å². The molecule has 0 fully saturated rings. The molecule has 60 valence electrons. The zero-order chi connectivity index (χ0) is 8.43. The van der Waals surface area contributed by atoms with E-state index in [-0.39, 0.29) is 0 Å². The molecule has 1 aromatic rings. The first-order chi connectivity index (χ1) is 5.16. The molecule has 0 aliphatic heterocycles. The van der Waals surface area contributed by atoms with E-state index in [1.54, 1.807) is 0 Å². The molecule has 0 saturated carbocycles. The molecule has 0 aliphatic rings. The number of halogens is 3. The average molecular weight is 182 g/mol. The Kier molecular flexibility index (Phi) is 2.18. The van der Waals surface area contributed by atoms with E-state index in [9.17, 15) is 13.2 Å². The quantitative estimate of drug-likeness (QED) is 0.522. The zero-order valence-electron chi connectivity index (χ0n) is 4.88. The van der Waals surface area contributed by atoms with Crippen molar-refractivity contribution in [1.29, 1.82) is 0 Å². The van der Waals surface area contributed by atoms with Crippen LogP contribution in [-0.2, 0) is 0 Å². The van der Waals surface area contributed by atoms with Gasteiger partial charge >= 0.3 is 0 Å². The van der Waals surface area contributed by atoms with E-state index in [1.165, 1.54) is 0 Å². The van der Waals surface area contributed by atoms with Gasteiger partial charge in [-0.15, -0.1) is 10.2 Å². The Hall–Kier alpha value is -0.980. The Morgan fingerprint density at radius 3 is 2.27 bits per heavy atom. The highest BCUT2D eigenvalue weighted by atomic mass is 32.1. The van der Waals surface area contributed by atoms with E-state index in [0.29, 0.717) is 0 Å². The fraction of sp³-hybridized carbons (Fsp3) is 0. The lowest BCUT2D eigenvalue weighted by Gasteiger charge is -1.97. The van der Waals surface area contributed by atoms with Crippen molar-refractivity contribution in [2.75, 3.05) is 0 Å². The van der Waals surface area contributed by atoms with E-state index >= 15 is 0 Å². The molecular formula is C4HF3N2OS. The summed E-state index contributed by atoms with van der Waals surface area (Å²) in [4.78, 5) is 0. The third kappa shape index (κ3) is 1.37. The standard InChI is InChI=1S/C4HF3N2OS/c5-1-2(6)4(10-11)9-8-3(1)7/h11H. The van der Waals surface area contributed by atoms with Crippen LogP contribution in [0.1, 0.15) is 0 Å². The van der Waals surface area contributed by atoms with Crippen LogP contribution in [0.2, 0.25) is 0 Å². The van der Waals surface area contributed by atoms with Gasteiger partial charge in [0.2, 0.25) is 11.6 Å². The zero-order valence-corrected chi connectivity index (χ0v) is 5.78. The highest BCUT2D eigenvalue weighted by Gasteiger charge is 2.16. The van der Waals surface area contributed by atoms with Gasteiger partial charge in [-0.2, -0.15) is 13.2 Å². The Morgan fingerprint density at radius 2 is 1.73 bits per heavy atom. The lowest BCUT2D eigenvalue weighted by atomic mass is 10.5. The summed E-state index contributed by atoms with van der Waals surface area (Å²) in [7, 11) is 0. The van der Waals surface area contributed by atoms with Crippen LogP contribution < -0.4 is 4.18 Å². The second-order valence-electron chi connectivity index (χ2n) is 1.52. The topological polar surface area (TPSA) is 35.0 Å². The van der Waals surface area contributed by atoms with Crippen molar-refractivity contribution in [2.24, 2.45) is 0 Å². The van der Waals surface area contributed by atoms with Gasteiger partial charge in [-0.05, 0) is 0 Å². The molecule has 0 spiro atoms. The monoisotopic (exact) mass is 182 g/mol. The summed E-state index contributed by atoms with van der Waals surface area (Å²) in [5.74, 6) is -5.69. The minimum atomic E-state index is -1.73. The van der Waals surface area contributed by atoms with Gasteiger partial charge in [0.25, 0.3) is 11.8 Å². The maximum Gasteiger partial charge on any atom is 0.285 e. The first kappa shape index (κ1) is 8.12. The van der Waals surface area contributed by atoms with Crippen molar-refractivity contribution in [3.8, 4) is 5.88 Å². The fourth-order valence-electron chi connectivity index (χ4n) is 0.420. The highest BCUT2D eigenvalue weighted by molar-refractivity contribution is 7.75. The number of rotatable bonds is 1. The summed E-state index contributed by atoms with van der Waals surface area (Å²) in [5, 5.41) is 5.42. The van der Waals surface area contributed by atoms with Crippen LogP contribution in [0.4, 0.5) is 13.2 Å². The van der Waals surface area contributed by atoms with Crippen LogP contribution in [0, 0.1) is 17.6 Å². The van der Waals surface area contributed by atoms with Crippen molar-refractivity contribution in [3.05, 3.63) is 17.6 Å². The molecule has 0 atom stereocenters. The number of hydrogen-bond acceptors (Lipinski definition) is 4. The van der Waals surface area contributed by atoms with Crippen LogP contribution in [-0.4, -0.2) is 10.2 Å². The second kappa shape index (κ2) is 2.95. The van der Waals surface area contributed by atoms with Crippen LogP contribution >= 0.6 is 12.9 Å². The summed E-state index contributed by atoms with van der Waals surface area (Å²) < 4.78 is 40.5. The first-order valence-electron chi connectivity index (χ1n) is 2.35. The molecule has 0 N–H and O–H groups in total. The molecule has 3 nitrogen and oxygen atoms in total. The molecule has 7 heteroatoms. The van der Waals surface area contributed by atoms with E-state index in [1.807, 2.05) is 0 Å². The number of aromatic nitrogens is 2. The maximum absolute atomic E-state index is 12.4. The van der Waals surface area contributed by atoms with Gasteiger partial charge < -0.3 is 4.18 Å². The summed E-state index contributed by atoms with van der Waals surface area (Å²) in [6.45, 7) is 0.